The van der Waals surface area contributed by atoms with Gasteiger partial charge < -0.3 is 10.2 Å². The summed E-state index contributed by atoms with van der Waals surface area (Å²) in [5.41, 5.74) is 2.99. The molecular weight excluding hydrogens is 220 g/mol. The van der Waals surface area contributed by atoms with Crippen molar-refractivity contribution in [1.82, 2.24) is 5.32 Å². The van der Waals surface area contributed by atoms with Crippen molar-refractivity contribution in [1.29, 1.82) is 0 Å². The summed E-state index contributed by atoms with van der Waals surface area (Å²) in [6.07, 6.45) is 0. The highest BCUT2D eigenvalue weighted by Crippen LogP contribution is 2.27. The van der Waals surface area contributed by atoms with E-state index in [2.05, 4.69) is 69.1 Å². The molecule has 2 atom stereocenters. The second kappa shape index (κ2) is 4.93. The SMILES string of the molecule is Cc1ccc(N2CC(C(C)(C)C)NCC2C)cc1. The molecule has 1 saturated heterocycles. The number of hydrogen-bond donors (Lipinski definition) is 1. The highest BCUT2D eigenvalue weighted by molar-refractivity contribution is 5.49. The third-order valence-corrected chi connectivity index (χ3v) is 3.98. The molecule has 18 heavy (non-hydrogen) atoms. The van der Waals surface area contributed by atoms with Crippen LogP contribution in [0.15, 0.2) is 24.3 Å². The Morgan fingerprint density at radius 2 is 1.78 bits per heavy atom. The fourth-order valence-electron chi connectivity index (χ4n) is 2.54. The minimum Gasteiger partial charge on any atom is -0.366 e. The molecule has 0 spiro atoms. The predicted molar refractivity (Wildman–Crippen MR) is 79.2 cm³/mol. The average Bonchev–Trinajstić information content (AvgIpc) is 2.29. The molecule has 0 radical (unpaired) electrons. The second-order valence-corrected chi connectivity index (χ2v) is 6.66. The summed E-state index contributed by atoms with van der Waals surface area (Å²) in [6.45, 7) is 13.5. The number of rotatable bonds is 1. The number of benzene rings is 1. The molecule has 1 aliphatic rings. The molecule has 1 fully saturated rings. The molecule has 1 heterocycles. The normalized spacial score (nSPS) is 25.3. The van der Waals surface area contributed by atoms with Gasteiger partial charge in [-0.05, 0) is 31.4 Å². The number of anilines is 1. The Morgan fingerprint density at radius 1 is 1.17 bits per heavy atom. The first-order valence-corrected chi connectivity index (χ1v) is 6.94. The van der Waals surface area contributed by atoms with Gasteiger partial charge in [0.1, 0.15) is 0 Å². The summed E-state index contributed by atoms with van der Waals surface area (Å²) >= 11 is 0. The van der Waals surface area contributed by atoms with E-state index in [4.69, 9.17) is 0 Å². The number of piperazine rings is 1. The lowest BCUT2D eigenvalue weighted by Gasteiger charge is -2.45. The monoisotopic (exact) mass is 246 g/mol. The molecule has 2 nitrogen and oxygen atoms in total. The van der Waals surface area contributed by atoms with E-state index in [1.165, 1.54) is 11.3 Å². The first-order chi connectivity index (χ1) is 8.38. The zero-order valence-corrected chi connectivity index (χ0v) is 12.3. The number of nitrogens with zero attached hydrogens (tertiary/aromatic N) is 1. The summed E-state index contributed by atoms with van der Waals surface area (Å²) < 4.78 is 0. The van der Waals surface area contributed by atoms with Crippen LogP contribution < -0.4 is 10.2 Å². The van der Waals surface area contributed by atoms with Crippen LogP contribution in [-0.4, -0.2) is 25.2 Å². The summed E-state index contributed by atoms with van der Waals surface area (Å²) in [7, 11) is 0. The van der Waals surface area contributed by atoms with Crippen LogP contribution in [0.1, 0.15) is 33.3 Å². The molecule has 2 rings (SSSR count). The van der Waals surface area contributed by atoms with Crippen LogP contribution in [-0.2, 0) is 0 Å². The van der Waals surface area contributed by atoms with Gasteiger partial charge in [-0.1, -0.05) is 38.5 Å². The quantitative estimate of drug-likeness (QED) is 0.818. The fraction of sp³-hybridized carbons (Fsp3) is 0.625. The van der Waals surface area contributed by atoms with Gasteiger partial charge >= 0.3 is 0 Å². The summed E-state index contributed by atoms with van der Waals surface area (Å²) in [5.74, 6) is 0. The number of hydrogen-bond acceptors (Lipinski definition) is 2. The van der Waals surface area contributed by atoms with Gasteiger partial charge in [0, 0.05) is 30.9 Å². The maximum absolute atomic E-state index is 3.68. The largest absolute Gasteiger partial charge is 0.366 e. The third kappa shape index (κ3) is 2.86. The Morgan fingerprint density at radius 3 is 2.33 bits per heavy atom. The van der Waals surface area contributed by atoms with Gasteiger partial charge in [0.15, 0.2) is 0 Å². The van der Waals surface area contributed by atoms with Crippen molar-refractivity contribution in [3.63, 3.8) is 0 Å². The molecule has 1 aliphatic heterocycles. The lowest BCUT2D eigenvalue weighted by atomic mass is 9.84. The second-order valence-electron chi connectivity index (χ2n) is 6.66. The van der Waals surface area contributed by atoms with Crippen LogP contribution >= 0.6 is 0 Å². The van der Waals surface area contributed by atoms with Gasteiger partial charge in [0.05, 0.1) is 0 Å². The first kappa shape index (κ1) is 13.4. The van der Waals surface area contributed by atoms with E-state index >= 15 is 0 Å². The molecule has 1 N–H and O–H groups in total. The van der Waals surface area contributed by atoms with E-state index in [-0.39, 0.29) is 0 Å². The van der Waals surface area contributed by atoms with Crippen molar-refractivity contribution in [3.8, 4) is 0 Å². The molecule has 1 aromatic carbocycles. The van der Waals surface area contributed by atoms with Crippen LogP contribution in [0.2, 0.25) is 0 Å². The molecule has 100 valence electrons. The maximum Gasteiger partial charge on any atom is 0.0387 e. The van der Waals surface area contributed by atoms with Gasteiger partial charge in [-0.25, -0.2) is 0 Å². The summed E-state index contributed by atoms with van der Waals surface area (Å²) in [6, 6.07) is 10.0. The van der Waals surface area contributed by atoms with Crippen LogP contribution in [0.4, 0.5) is 5.69 Å². The topological polar surface area (TPSA) is 15.3 Å². The Bertz CT molecular complexity index is 389. The summed E-state index contributed by atoms with van der Waals surface area (Å²) in [5, 5.41) is 3.68. The van der Waals surface area contributed by atoms with Crippen LogP contribution in [0, 0.1) is 12.3 Å². The smallest absolute Gasteiger partial charge is 0.0387 e. The van der Waals surface area contributed by atoms with Crippen LogP contribution in [0.3, 0.4) is 0 Å². The molecule has 0 aromatic heterocycles. The van der Waals surface area contributed by atoms with Crippen molar-refractivity contribution in [2.45, 2.75) is 46.7 Å². The summed E-state index contributed by atoms with van der Waals surface area (Å²) in [4.78, 5) is 2.53. The van der Waals surface area contributed by atoms with Gasteiger partial charge in [0.2, 0.25) is 0 Å². The standard InChI is InChI=1S/C16H26N2/c1-12-6-8-14(9-7-12)18-11-15(16(3,4)5)17-10-13(18)2/h6-9,13,15,17H,10-11H2,1-5H3. The van der Waals surface area contributed by atoms with Crippen LogP contribution in [0.5, 0.6) is 0 Å². The lowest BCUT2D eigenvalue weighted by molar-refractivity contribution is 0.239. The molecule has 2 heteroatoms. The molecule has 0 bridgehead atoms. The molecule has 1 aromatic rings. The number of aryl methyl sites for hydroxylation is 1. The van der Waals surface area contributed by atoms with E-state index in [0.29, 0.717) is 17.5 Å². The minimum atomic E-state index is 0.309. The van der Waals surface area contributed by atoms with Crippen molar-refractivity contribution < 1.29 is 0 Å². The minimum absolute atomic E-state index is 0.309. The maximum atomic E-state index is 3.68. The Balaban J connectivity index is 2.17. The highest BCUT2D eigenvalue weighted by Gasteiger charge is 2.32. The molecule has 0 saturated carbocycles. The molecule has 0 amide bonds. The van der Waals surface area contributed by atoms with Gasteiger partial charge in [-0.2, -0.15) is 0 Å². The Labute approximate surface area is 111 Å². The zero-order valence-electron chi connectivity index (χ0n) is 12.3. The zero-order chi connectivity index (χ0) is 13.3. The van der Waals surface area contributed by atoms with Gasteiger partial charge in [0.25, 0.3) is 0 Å². The Hall–Kier alpha value is -1.02. The van der Waals surface area contributed by atoms with Gasteiger partial charge in [-0.3, -0.25) is 0 Å². The molecular formula is C16H26N2. The van der Waals surface area contributed by atoms with E-state index < -0.39 is 0 Å². The Kier molecular flexibility index (Phi) is 3.67. The average molecular weight is 246 g/mol. The third-order valence-electron chi connectivity index (χ3n) is 3.98. The van der Waals surface area contributed by atoms with E-state index in [1.807, 2.05) is 0 Å². The molecule has 2 unspecified atom stereocenters. The van der Waals surface area contributed by atoms with Crippen molar-refractivity contribution in [2.75, 3.05) is 18.0 Å². The van der Waals surface area contributed by atoms with Crippen molar-refractivity contribution >= 4 is 5.69 Å². The van der Waals surface area contributed by atoms with Crippen LogP contribution in [0.25, 0.3) is 0 Å². The fourth-order valence-corrected chi connectivity index (χ4v) is 2.54. The number of nitrogens with one attached hydrogen (secondary N) is 1. The van der Waals surface area contributed by atoms with E-state index in [9.17, 15) is 0 Å². The lowest BCUT2D eigenvalue weighted by Crippen LogP contribution is -2.59. The first-order valence-electron chi connectivity index (χ1n) is 6.94. The highest BCUT2D eigenvalue weighted by atomic mass is 15.2. The van der Waals surface area contributed by atoms with Crippen molar-refractivity contribution in [2.24, 2.45) is 5.41 Å². The van der Waals surface area contributed by atoms with E-state index in [1.54, 1.807) is 0 Å². The molecule has 0 aliphatic carbocycles. The van der Waals surface area contributed by atoms with E-state index in [0.717, 1.165) is 13.1 Å². The van der Waals surface area contributed by atoms with Gasteiger partial charge in [-0.15, -0.1) is 0 Å². The van der Waals surface area contributed by atoms with Crippen molar-refractivity contribution in [3.05, 3.63) is 29.8 Å². The predicted octanol–water partition coefficient (Wildman–Crippen LogP) is 3.21.